The van der Waals surface area contributed by atoms with Gasteiger partial charge in [-0.05, 0) is 6.92 Å². The second kappa shape index (κ2) is 3.68. The predicted molar refractivity (Wildman–Crippen MR) is 39.4 cm³/mol. The van der Waals surface area contributed by atoms with Crippen LogP contribution in [0.4, 0.5) is 0 Å². The van der Waals surface area contributed by atoms with Crippen LogP contribution in [-0.2, 0) is 4.74 Å². The number of hydrogen-bond donors (Lipinski definition) is 4. The highest BCUT2D eigenvalue weighted by Crippen LogP contribution is 2.20. The quantitative estimate of drug-likeness (QED) is 0.367. The molecule has 0 radical (unpaired) electrons. The summed E-state index contributed by atoms with van der Waals surface area (Å²) in [5.41, 5.74) is 0. The second-order valence-corrected chi connectivity index (χ2v) is 3.03. The molecule has 0 aromatic rings. The number of aliphatic hydroxyl groups excluding tert-OH is 4. The van der Waals surface area contributed by atoms with Crippen molar-refractivity contribution in [3.05, 3.63) is 0 Å². The summed E-state index contributed by atoms with van der Waals surface area (Å²) in [5.74, 6) is 0. The SMILES string of the molecule is C[C@@H]1OC(CO)[C@@H](O)[C@H](O)C1O. The lowest BCUT2D eigenvalue weighted by Gasteiger charge is -2.38. The highest BCUT2D eigenvalue weighted by molar-refractivity contribution is 4.89. The fraction of sp³-hybridized carbons (Fsp3) is 1.00. The van der Waals surface area contributed by atoms with E-state index in [1.807, 2.05) is 0 Å². The zero-order chi connectivity index (χ0) is 9.30. The summed E-state index contributed by atoms with van der Waals surface area (Å²) in [6.07, 6.45) is -4.94. The first-order chi connectivity index (χ1) is 5.57. The van der Waals surface area contributed by atoms with E-state index in [2.05, 4.69) is 0 Å². The van der Waals surface area contributed by atoms with Crippen molar-refractivity contribution < 1.29 is 25.2 Å². The van der Waals surface area contributed by atoms with Gasteiger partial charge >= 0.3 is 0 Å². The third-order valence-electron chi connectivity index (χ3n) is 2.13. The molecule has 2 unspecified atom stereocenters. The van der Waals surface area contributed by atoms with Crippen molar-refractivity contribution in [3.8, 4) is 0 Å². The molecule has 0 aliphatic carbocycles. The minimum atomic E-state index is -1.24. The van der Waals surface area contributed by atoms with Gasteiger partial charge in [0.25, 0.3) is 0 Å². The maximum atomic E-state index is 9.23. The molecule has 5 heteroatoms. The number of aliphatic hydroxyl groups is 4. The molecule has 1 rings (SSSR count). The molecule has 1 saturated heterocycles. The van der Waals surface area contributed by atoms with E-state index in [-0.39, 0.29) is 6.61 Å². The van der Waals surface area contributed by atoms with Gasteiger partial charge in [0, 0.05) is 0 Å². The van der Waals surface area contributed by atoms with Crippen LogP contribution in [0.25, 0.3) is 0 Å². The summed E-state index contributed by atoms with van der Waals surface area (Å²) >= 11 is 0. The van der Waals surface area contributed by atoms with E-state index >= 15 is 0 Å². The van der Waals surface area contributed by atoms with Crippen LogP contribution >= 0.6 is 0 Å². The molecule has 1 fully saturated rings. The Labute approximate surface area is 70.2 Å². The van der Waals surface area contributed by atoms with E-state index in [9.17, 15) is 15.3 Å². The van der Waals surface area contributed by atoms with Crippen molar-refractivity contribution in [2.45, 2.75) is 37.4 Å². The molecule has 5 atom stereocenters. The fourth-order valence-corrected chi connectivity index (χ4v) is 1.29. The van der Waals surface area contributed by atoms with Gasteiger partial charge in [-0.25, -0.2) is 0 Å². The monoisotopic (exact) mass is 178 g/mol. The molecule has 5 nitrogen and oxygen atoms in total. The number of rotatable bonds is 1. The topological polar surface area (TPSA) is 90.2 Å². The number of hydrogen-bond acceptors (Lipinski definition) is 5. The fourth-order valence-electron chi connectivity index (χ4n) is 1.29. The van der Waals surface area contributed by atoms with E-state index < -0.39 is 30.5 Å². The van der Waals surface area contributed by atoms with Crippen molar-refractivity contribution in [1.82, 2.24) is 0 Å². The zero-order valence-corrected chi connectivity index (χ0v) is 6.79. The Morgan fingerprint density at radius 3 is 2.17 bits per heavy atom. The van der Waals surface area contributed by atoms with Gasteiger partial charge in [0.05, 0.1) is 12.7 Å². The zero-order valence-electron chi connectivity index (χ0n) is 6.79. The van der Waals surface area contributed by atoms with Crippen molar-refractivity contribution >= 4 is 0 Å². The molecule has 0 amide bonds. The Morgan fingerprint density at radius 1 is 1.08 bits per heavy atom. The normalized spacial score (nSPS) is 49.2. The van der Waals surface area contributed by atoms with Crippen LogP contribution in [0.1, 0.15) is 6.92 Å². The van der Waals surface area contributed by atoms with Gasteiger partial charge in [-0.15, -0.1) is 0 Å². The van der Waals surface area contributed by atoms with Crippen molar-refractivity contribution in [2.24, 2.45) is 0 Å². The lowest BCUT2D eigenvalue weighted by Crippen LogP contribution is -2.57. The van der Waals surface area contributed by atoms with Gasteiger partial charge in [0.2, 0.25) is 0 Å². The van der Waals surface area contributed by atoms with Gasteiger partial charge in [-0.3, -0.25) is 0 Å². The van der Waals surface area contributed by atoms with Gasteiger partial charge in [-0.1, -0.05) is 0 Å². The summed E-state index contributed by atoms with van der Waals surface area (Å²) in [5, 5.41) is 36.4. The van der Waals surface area contributed by atoms with Crippen LogP contribution in [0.5, 0.6) is 0 Å². The van der Waals surface area contributed by atoms with Gasteiger partial charge in [0.15, 0.2) is 0 Å². The van der Waals surface area contributed by atoms with E-state index in [4.69, 9.17) is 9.84 Å². The summed E-state index contributed by atoms with van der Waals surface area (Å²) in [6.45, 7) is 1.21. The molecule has 1 aliphatic heterocycles. The molecule has 0 saturated carbocycles. The van der Waals surface area contributed by atoms with Crippen LogP contribution in [0.15, 0.2) is 0 Å². The minimum Gasteiger partial charge on any atom is -0.394 e. The molecule has 0 spiro atoms. The molecule has 0 bridgehead atoms. The van der Waals surface area contributed by atoms with Crippen LogP contribution in [-0.4, -0.2) is 57.6 Å². The molecular formula is C7H14O5. The molecule has 12 heavy (non-hydrogen) atoms. The Kier molecular flexibility index (Phi) is 3.03. The smallest absolute Gasteiger partial charge is 0.111 e. The lowest BCUT2D eigenvalue weighted by atomic mass is 9.96. The molecular weight excluding hydrogens is 164 g/mol. The highest BCUT2D eigenvalue weighted by Gasteiger charge is 2.41. The van der Waals surface area contributed by atoms with Crippen molar-refractivity contribution in [1.29, 1.82) is 0 Å². The first-order valence-corrected chi connectivity index (χ1v) is 3.88. The molecule has 4 N–H and O–H groups in total. The number of ether oxygens (including phenoxy) is 1. The Balaban J connectivity index is 2.63. The average molecular weight is 178 g/mol. The second-order valence-electron chi connectivity index (χ2n) is 3.03. The summed E-state index contributed by atoms with van der Waals surface area (Å²) in [4.78, 5) is 0. The highest BCUT2D eigenvalue weighted by atomic mass is 16.5. The van der Waals surface area contributed by atoms with Crippen molar-refractivity contribution in [3.63, 3.8) is 0 Å². The van der Waals surface area contributed by atoms with Gasteiger partial charge in [0.1, 0.15) is 24.4 Å². The van der Waals surface area contributed by atoms with Crippen LogP contribution < -0.4 is 0 Å². The van der Waals surface area contributed by atoms with Crippen LogP contribution in [0, 0.1) is 0 Å². The molecule has 1 aliphatic rings. The van der Waals surface area contributed by atoms with Crippen LogP contribution in [0.2, 0.25) is 0 Å². The summed E-state index contributed by atoms with van der Waals surface area (Å²) in [7, 11) is 0. The summed E-state index contributed by atoms with van der Waals surface area (Å²) in [6, 6.07) is 0. The Morgan fingerprint density at radius 2 is 1.67 bits per heavy atom. The minimum absolute atomic E-state index is 0.366. The third-order valence-corrected chi connectivity index (χ3v) is 2.13. The predicted octanol–water partition coefficient (Wildman–Crippen LogP) is -2.15. The first kappa shape index (κ1) is 9.88. The van der Waals surface area contributed by atoms with Crippen LogP contribution in [0.3, 0.4) is 0 Å². The maximum Gasteiger partial charge on any atom is 0.111 e. The molecule has 0 aromatic carbocycles. The van der Waals surface area contributed by atoms with Crippen molar-refractivity contribution in [2.75, 3.05) is 6.61 Å². The average Bonchev–Trinajstić information content (AvgIpc) is 2.08. The summed E-state index contributed by atoms with van der Waals surface area (Å²) < 4.78 is 5.02. The maximum absolute atomic E-state index is 9.23. The largest absolute Gasteiger partial charge is 0.394 e. The van der Waals surface area contributed by atoms with Gasteiger partial charge in [-0.2, -0.15) is 0 Å². The lowest BCUT2D eigenvalue weighted by molar-refractivity contribution is -0.224. The van der Waals surface area contributed by atoms with E-state index in [0.29, 0.717) is 0 Å². The van der Waals surface area contributed by atoms with E-state index in [0.717, 1.165) is 0 Å². The van der Waals surface area contributed by atoms with E-state index in [1.165, 1.54) is 0 Å². The molecule has 1 heterocycles. The molecule has 72 valence electrons. The van der Waals surface area contributed by atoms with Gasteiger partial charge < -0.3 is 25.2 Å². The van der Waals surface area contributed by atoms with E-state index in [1.54, 1.807) is 6.92 Å². The molecule has 0 aromatic heterocycles. The Hall–Kier alpha value is -0.200. The first-order valence-electron chi connectivity index (χ1n) is 3.88. The third kappa shape index (κ3) is 1.60. The Bertz CT molecular complexity index is 146. The standard InChI is InChI=1S/C7H14O5/c1-3-5(9)7(11)6(10)4(2-8)12-3/h3-11H,2H2,1H3/t3-,4?,5?,6+,7+/m0/s1.